The molecular weight excluding hydrogens is 544 g/mol. The summed E-state index contributed by atoms with van der Waals surface area (Å²) < 4.78 is 10.7. The molecule has 0 unspecified atom stereocenters. The number of carbonyl (C=O) groups excluding carboxylic acids is 2. The Kier molecular flexibility index (Phi) is 9.02. The molecule has 0 saturated carbocycles. The molecule has 1 aromatic heterocycles. The quantitative estimate of drug-likeness (QED) is 0.327. The zero-order valence-corrected chi connectivity index (χ0v) is 24.0. The van der Waals surface area contributed by atoms with Crippen molar-refractivity contribution in [3.8, 4) is 17.0 Å². The van der Waals surface area contributed by atoms with Gasteiger partial charge in [0, 0.05) is 30.4 Å². The van der Waals surface area contributed by atoms with E-state index in [9.17, 15) is 9.59 Å². The Morgan fingerprint density at radius 3 is 2.80 bits per heavy atom. The molecule has 0 bridgehead atoms. The van der Waals surface area contributed by atoms with Crippen LogP contribution >= 0.6 is 11.6 Å². The number of amides is 2. The number of methoxy groups -OCH3 is 1. The van der Waals surface area contributed by atoms with Crippen molar-refractivity contribution in [3.63, 3.8) is 0 Å². The zero-order valence-electron chi connectivity index (χ0n) is 23.2. The fraction of sp³-hybridized carbons (Fsp3) is 0.400. The summed E-state index contributed by atoms with van der Waals surface area (Å²) in [7, 11) is 1.60. The van der Waals surface area contributed by atoms with Crippen molar-refractivity contribution >= 4 is 29.4 Å². The summed E-state index contributed by atoms with van der Waals surface area (Å²) >= 11 is 6.51. The molecule has 10 nitrogen and oxygen atoms in total. The number of rotatable bonds is 10. The second kappa shape index (κ2) is 12.8. The van der Waals surface area contributed by atoms with Gasteiger partial charge in [-0.25, -0.2) is 9.97 Å². The lowest BCUT2D eigenvalue weighted by Gasteiger charge is -2.25. The molecule has 2 aromatic carbocycles. The average molecular weight is 579 g/mol. The van der Waals surface area contributed by atoms with Crippen molar-refractivity contribution in [3.05, 3.63) is 70.4 Å². The number of nitrogens with two attached hydrogens (primary N) is 1. The Labute approximate surface area is 244 Å². The van der Waals surface area contributed by atoms with Gasteiger partial charge in [0.05, 0.1) is 36.1 Å². The van der Waals surface area contributed by atoms with Crippen LogP contribution in [-0.2, 0) is 9.53 Å². The first-order valence-electron chi connectivity index (χ1n) is 13.8. The van der Waals surface area contributed by atoms with Gasteiger partial charge in [0.1, 0.15) is 12.3 Å². The lowest BCUT2D eigenvalue weighted by molar-refractivity contribution is -0.122. The Morgan fingerprint density at radius 2 is 2.05 bits per heavy atom. The molecule has 1 fully saturated rings. The monoisotopic (exact) mass is 578 g/mol. The molecule has 4 N–H and O–H groups in total. The van der Waals surface area contributed by atoms with Gasteiger partial charge in [-0.2, -0.15) is 0 Å². The summed E-state index contributed by atoms with van der Waals surface area (Å²) in [6.07, 6.45) is 3.85. The van der Waals surface area contributed by atoms with Crippen LogP contribution in [0.15, 0.2) is 48.7 Å². The third-order valence-corrected chi connectivity index (χ3v) is 7.85. The molecular formula is C30H35ClN6O4. The first-order valence-corrected chi connectivity index (χ1v) is 14.2. The third kappa shape index (κ3) is 6.45. The van der Waals surface area contributed by atoms with Crippen LogP contribution in [0.4, 0.5) is 5.95 Å². The summed E-state index contributed by atoms with van der Waals surface area (Å²) in [4.78, 5) is 37.4. The lowest BCUT2D eigenvalue weighted by Crippen LogP contribution is -2.40. The van der Waals surface area contributed by atoms with E-state index in [1.807, 2.05) is 43.3 Å². The number of anilines is 1. The highest BCUT2D eigenvalue weighted by Crippen LogP contribution is 2.38. The highest BCUT2D eigenvalue weighted by Gasteiger charge is 2.37. The number of halogens is 1. The number of ether oxygens (including phenoxy) is 2. The SMILES string of the molecule is COc1cccc([C@@H](C)NC(=O)CN2C(=O)c3cc(-c4nc(NC5CCOCC5)ncc4Cl)ccc3[C@H]2CCN)c1. The first-order chi connectivity index (χ1) is 19.9. The van der Waals surface area contributed by atoms with E-state index < -0.39 is 0 Å². The molecule has 41 heavy (non-hydrogen) atoms. The molecule has 216 valence electrons. The minimum absolute atomic E-state index is 0.0880. The molecule has 2 aliphatic rings. The van der Waals surface area contributed by atoms with Crippen molar-refractivity contribution in [1.82, 2.24) is 20.2 Å². The Bertz CT molecular complexity index is 1410. The van der Waals surface area contributed by atoms with Crippen molar-refractivity contribution in [2.24, 2.45) is 5.73 Å². The predicted molar refractivity (Wildman–Crippen MR) is 157 cm³/mol. The number of fused-ring (bicyclic) bond motifs is 1. The van der Waals surface area contributed by atoms with Crippen molar-refractivity contribution in [2.75, 3.05) is 38.7 Å². The minimum Gasteiger partial charge on any atom is -0.497 e. The van der Waals surface area contributed by atoms with Crippen LogP contribution in [0.3, 0.4) is 0 Å². The number of hydrogen-bond acceptors (Lipinski definition) is 8. The lowest BCUT2D eigenvalue weighted by atomic mass is 9.98. The molecule has 0 spiro atoms. The van der Waals surface area contributed by atoms with Gasteiger partial charge in [-0.05, 0) is 62.1 Å². The van der Waals surface area contributed by atoms with Gasteiger partial charge in [-0.3, -0.25) is 9.59 Å². The maximum Gasteiger partial charge on any atom is 0.255 e. The second-order valence-corrected chi connectivity index (χ2v) is 10.7. The normalized spacial score (nSPS) is 17.7. The van der Waals surface area contributed by atoms with E-state index in [1.165, 1.54) is 0 Å². The summed E-state index contributed by atoms with van der Waals surface area (Å²) in [5, 5.41) is 6.75. The summed E-state index contributed by atoms with van der Waals surface area (Å²) in [5.74, 6) is 0.706. The van der Waals surface area contributed by atoms with Crippen LogP contribution in [0.25, 0.3) is 11.3 Å². The Balaban J connectivity index is 1.34. The van der Waals surface area contributed by atoms with Gasteiger partial charge in [0.15, 0.2) is 0 Å². The van der Waals surface area contributed by atoms with Gasteiger partial charge in [-0.15, -0.1) is 0 Å². The van der Waals surface area contributed by atoms with Gasteiger partial charge in [0.2, 0.25) is 11.9 Å². The van der Waals surface area contributed by atoms with Crippen LogP contribution in [-0.4, -0.2) is 66.1 Å². The Morgan fingerprint density at radius 1 is 1.24 bits per heavy atom. The summed E-state index contributed by atoms with van der Waals surface area (Å²) in [6.45, 7) is 3.58. The van der Waals surface area contributed by atoms with Crippen molar-refractivity contribution < 1.29 is 19.1 Å². The number of nitrogens with zero attached hydrogens (tertiary/aromatic N) is 3. The molecule has 2 amide bonds. The number of nitrogens with one attached hydrogen (secondary N) is 2. The molecule has 5 rings (SSSR count). The zero-order chi connectivity index (χ0) is 28.9. The number of carbonyl (C=O) groups is 2. The maximum atomic E-state index is 13.7. The van der Waals surface area contributed by atoms with Gasteiger partial charge in [-0.1, -0.05) is 35.9 Å². The minimum atomic E-state index is -0.305. The third-order valence-electron chi connectivity index (χ3n) is 7.58. The molecule has 2 aliphatic heterocycles. The van der Waals surface area contributed by atoms with Crippen molar-refractivity contribution in [1.29, 1.82) is 0 Å². The van der Waals surface area contributed by atoms with Gasteiger partial charge >= 0.3 is 0 Å². The van der Waals surface area contributed by atoms with E-state index in [0.717, 1.165) is 24.0 Å². The van der Waals surface area contributed by atoms with E-state index in [2.05, 4.69) is 20.6 Å². The van der Waals surface area contributed by atoms with Gasteiger partial charge < -0.3 is 30.7 Å². The highest BCUT2D eigenvalue weighted by molar-refractivity contribution is 6.33. The molecule has 1 saturated heterocycles. The largest absolute Gasteiger partial charge is 0.497 e. The predicted octanol–water partition coefficient (Wildman–Crippen LogP) is 4.12. The molecule has 0 radical (unpaired) electrons. The smallest absolute Gasteiger partial charge is 0.255 e. The van der Waals surface area contributed by atoms with E-state index in [-0.39, 0.29) is 36.5 Å². The van der Waals surface area contributed by atoms with Crippen LogP contribution < -0.4 is 21.1 Å². The van der Waals surface area contributed by atoms with E-state index in [1.54, 1.807) is 24.3 Å². The number of hydrogen-bond donors (Lipinski definition) is 3. The Hall–Kier alpha value is -3.73. The highest BCUT2D eigenvalue weighted by atomic mass is 35.5. The fourth-order valence-electron chi connectivity index (χ4n) is 5.39. The molecule has 3 aromatic rings. The van der Waals surface area contributed by atoms with E-state index in [0.29, 0.717) is 59.7 Å². The van der Waals surface area contributed by atoms with Gasteiger partial charge in [0.25, 0.3) is 5.91 Å². The molecule has 3 heterocycles. The van der Waals surface area contributed by atoms with Crippen LogP contribution in [0.2, 0.25) is 5.02 Å². The first kappa shape index (κ1) is 28.8. The average Bonchev–Trinajstić information content (AvgIpc) is 3.24. The molecule has 0 aliphatic carbocycles. The fourth-order valence-corrected chi connectivity index (χ4v) is 5.59. The van der Waals surface area contributed by atoms with E-state index in [4.69, 9.17) is 26.8 Å². The maximum absolute atomic E-state index is 13.7. The standard InChI is InChI=1S/C30H35ClN6O4/c1-18(19-4-3-5-22(14-19)40-2)34-27(38)17-37-26(8-11-32)23-7-6-20(15-24(23)29(37)39)28-25(31)16-33-30(36-28)35-21-9-12-41-13-10-21/h3-7,14-16,18,21,26H,8-13,17,32H2,1-2H3,(H,34,38)(H,33,35,36)/t18-,26-/m1/s1. The summed E-state index contributed by atoms with van der Waals surface area (Å²) in [5.41, 5.74) is 9.41. The van der Waals surface area contributed by atoms with E-state index >= 15 is 0 Å². The van der Waals surface area contributed by atoms with Crippen LogP contribution in [0.5, 0.6) is 5.75 Å². The molecule has 11 heteroatoms. The van der Waals surface area contributed by atoms with Crippen LogP contribution in [0.1, 0.15) is 59.8 Å². The second-order valence-electron chi connectivity index (χ2n) is 10.3. The van der Waals surface area contributed by atoms with Crippen molar-refractivity contribution in [2.45, 2.75) is 44.3 Å². The number of benzene rings is 2. The number of aromatic nitrogens is 2. The summed E-state index contributed by atoms with van der Waals surface area (Å²) in [6, 6.07) is 12.8. The topological polar surface area (TPSA) is 132 Å². The molecule has 2 atom stereocenters. The van der Waals surface area contributed by atoms with Crippen LogP contribution in [0, 0.1) is 0 Å².